The molecule has 0 saturated carbocycles. The molecule has 1 saturated heterocycles. The van der Waals surface area contributed by atoms with Crippen molar-refractivity contribution in [2.75, 3.05) is 52.8 Å². The summed E-state index contributed by atoms with van der Waals surface area (Å²) in [4.78, 5) is 17.6. The third-order valence-electron chi connectivity index (χ3n) is 8.19. The van der Waals surface area contributed by atoms with Crippen molar-refractivity contribution in [3.63, 3.8) is 0 Å². The van der Waals surface area contributed by atoms with Crippen LogP contribution in [0.2, 0.25) is 0 Å². The number of rotatable bonds is 12. The van der Waals surface area contributed by atoms with Gasteiger partial charge >= 0.3 is 5.63 Å². The van der Waals surface area contributed by atoms with Crippen molar-refractivity contribution < 1.29 is 13.9 Å². The van der Waals surface area contributed by atoms with Crippen LogP contribution in [0.5, 0.6) is 11.5 Å². The Kier molecular flexibility index (Phi) is 9.95. The zero-order valence-corrected chi connectivity index (χ0v) is 24.7. The Labute approximate surface area is 233 Å². The Morgan fingerprint density at radius 2 is 1.82 bits per heavy atom. The predicted molar refractivity (Wildman–Crippen MR) is 161 cm³/mol. The van der Waals surface area contributed by atoms with Crippen LogP contribution >= 0.6 is 0 Å². The average Bonchev–Trinajstić information content (AvgIpc) is 2.93. The summed E-state index contributed by atoms with van der Waals surface area (Å²) < 4.78 is 17.9. The van der Waals surface area contributed by atoms with Crippen LogP contribution in [-0.4, -0.2) is 52.8 Å². The van der Waals surface area contributed by atoms with Crippen molar-refractivity contribution in [3.8, 4) is 11.5 Å². The molecule has 1 aromatic heterocycles. The molecule has 4 rings (SSSR count). The minimum absolute atomic E-state index is 0.00385. The highest BCUT2D eigenvalue weighted by Gasteiger charge is 2.28. The SMILES string of the molecule is CCCCCc1cc(=O)oc2c([C@H](CCN3CCC[C@H](C)C3)c3ccc(N(C)C)cc3)c(OC)cc(OC)c12. The van der Waals surface area contributed by atoms with Gasteiger partial charge in [-0.05, 0) is 74.4 Å². The zero-order chi connectivity index (χ0) is 27.9. The Bertz CT molecular complexity index is 1280. The van der Waals surface area contributed by atoms with Gasteiger partial charge in [-0.1, -0.05) is 38.8 Å². The second-order valence-electron chi connectivity index (χ2n) is 11.3. The standard InChI is InChI=1S/C33H46N2O4/c1-7-8-9-12-25-20-30(36)39-33-31(25)28(37-5)21-29(38-6)32(33)27(17-19-35-18-10-11-23(2)22-35)24-13-15-26(16-14-24)34(3)4/h13-16,20-21,23,27H,7-12,17-19,22H2,1-6H3/t23-,27+/m0/s1. The van der Waals surface area contributed by atoms with E-state index in [1.165, 1.54) is 18.4 Å². The van der Waals surface area contributed by atoms with Gasteiger partial charge in [0.2, 0.25) is 0 Å². The number of fused-ring (bicyclic) bond motifs is 1. The summed E-state index contributed by atoms with van der Waals surface area (Å²) >= 11 is 0. The fourth-order valence-electron chi connectivity index (χ4n) is 6.09. The zero-order valence-electron chi connectivity index (χ0n) is 24.7. The number of hydrogen-bond donors (Lipinski definition) is 0. The molecule has 1 fully saturated rings. The number of piperidine rings is 1. The van der Waals surface area contributed by atoms with Gasteiger partial charge in [0.1, 0.15) is 17.1 Å². The second kappa shape index (κ2) is 13.4. The number of methoxy groups -OCH3 is 2. The largest absolute Gasteiger partial charge is 0.496 e. The normalized spacial score (nSPS) is 16.8. The summed E-state index contributed by atoms with van der Waals surface area (Å²) in [6.07, 6.45) is 7.50. The van der Waals surface area contributed by atoms with Crippen molar-refractivity contribution in [2.45, 2.75) is 64.7 Å². The lowest BCUT2D eigenvalue weighted by Gasteiger charge is -2.32. The van der Waals surface area contributed by atoms with E-state index in [0.29, 0.717) is 17.1 Å². The average molecular weight is 535 g/mol. The van der Waals surface area contributed by atoms with Crippen LogP contribution < -0.4 is 20.0 Å². The number of benzene rings is 2. The molecule has 0 spiro atoms. The molecule has 0 amide bonds. The first-order chi connectivity index (χ1) is 18.9. The Hall–Kier alpha value is -2.99. The van der Waals surface area contributed by atoms with E-state index in [1.807, 2.05) is 6.07 Å². The summed E-state index contributed by atoms with van der Waals surface area (Å²) in [5.41, 5.74) is 4.54. The molecule has 0 unspecified atom stereocenters. The van der Waals surface area contributed by atoms with Crippen LogP contribution in [0.4, 0.5) is 5.69 Å². The molecule has 2 atom stereocenters. The number of unbranched alkanes of at least 4 members (excludes halogenated alkanes) is 2. The first-order valence-electron chi connectivity index (χ1n) is 14.6. The summed E-state index contributed by atoms with van der Waals surface area (Å²) in [5.74, 6) is 2.10. The fourth-order valence-corrected chi connectivity index (χ4v) is 6.09. The van der Waals surface area contributed by atoms with Crippen molar-refractivity contribution in [2.24, 2.45) is 5.92 Å². The maximum Gasteiger partial charge on any atom is 0.336 e. The van der Waals surface area contributed by atoms with Crippen LogP contribution in [0.3, 0.4) is 0 Å². The monoisotopic (exact) mass is 534 g/mol. The van der Waals surface area contributed by atoms with Crippen LogP contribution in [0.1, 0.15) is 75.0 Å². The van der Waals surface area contributed by atoms with Crippen LogP contribution in [0.25, 0.3) is 11.0 Å². The smallest absolute Gasteiger partial charge is 0.336 e. The maximum atomic E-state index is 12.9. The first kappa shape index (κ1) is 29.0. The maximum absolute atomic E-state index is 12.9. The molecule has 1 aliphatic rings. The summed E-state index contributed by atoms with van der Waals surface area (Å²) in [7, 11) is 7.47. The molecule has 1 aliphatic heterocycles. The number of ether oxygens (including phenoxy) is 2. The molecule has 2 heterocycles. The quantitative estimate of drug-likeness (QED) is 0.187. The lowest BCUT2D eigenvalue weighted by molar-refractivity contribution is 0.180. The molecule has 0 radical (unpaired) electrons. The van der Waals surface area contributed by atoms with Crippen LogP contribution in [0.15, 0.2) is 45.6 Å². The lowest BCUT2D eigenvalue weighted by Crippen LogP contribution is -2.35. The Balaban J connectivity index is 1.88. The highest BCUT2D eigenvalue weighted by molar-refractivity contribution is 5.92. The summed E-state index contributed by atoms with van der Waals surface area (Å²) in [5, 5.41) is 0.894. The molecule has 39 heavy (non-hydrogen) atoms. The van der Waals surface area contributed by atoms with E-state index in [1.54, 1.807) is 20.3 Å². The van der Waals surface area contributed by atoms with Gasteiger partial charge < -0.3 is 23.7 Å². The molecule has 6 heteroatoms. The lowest BCUT2D eigenvalue weighted by atomic mass is 9.85. The highest BCUT2D eigenvalue weighted by atomic mass is 16.5. The van der Waals surface area contributed by atoms with Crippen molar-refractivity contribution in [3.05, 3.63) is 63.5 Å². The van der Waals surface area contributed by atoms with E-state index in [-0.39, 0.29) is 11.5 Å². The molecular formula is C33H46N2O4. The molecule has 0 N–H and O–H groups in total. The number of likely N-dealkylation sites (tertiary alicyclic amines) is 1. The topological polar surface area (TPSA) is 55.2 Å². The van der Waals surface area contributed by atoms with Gasteiger partial charge in [-0.25, -0.2) is 4.79 Å². The second-order valence-corrected chi connectivity index (χ2v) is 11.3. The van der Waals surface area contributed by atoms with Gasteiger partial charge in [-0.2, -0.15) is 0 Å². The third kappa shape index (κ3) is 6.78. The number of hydrogen-bond acceptors (Lipinski definition) is 6. The molecule has 2 aromatic carbocycles. The van der Waals surface area contributed by atoms with Crippen LogP contribution in [-0.2, 0) is 6.42 Å². The summed E-state index contributed by atoms with van der Waals surface area (Å²) in [6, 6.07) is 12.4. The van der Waals surface area contributed by atoms with Gasteiger partial charge in [0, 0.05) is 49.9 Å². The van der Waals surface area contributed by atoms with Crippen molar-refractivity contribution >= 4 is 16.7 Å². The van der Waals surface area contributed by atoms with Gasteiger partial charge in [-0.15, -0.1) is 0 Å². The Morgan fingerprint density at radius 3 is 2.46 bits per heavy atom. The van der Waals surface area contributed by atoms with Gasteiger partial charge in [0.25, 0.3) is 0 Å². The minimum atomic E-state index is -0.322. The molecule has 3 aromatic rings. The molecule has 0 aliphatic carbocycles. The Morgan fingerprint density at radius 1 is 1.08 bits per heavy atom. The highest BCUT2D eigenvalue weighted by Crippen LogP contribution is 2.44. The van der Waals surface area contributed by atoms with Crippen molar-refractivity contribution in [1.82, 2.24) is 4.90 Å². The third-order valence-corrected chi connectivity index (χ3v) is 8.19. The van der Waals surface area contributed by atoms with E-state index < -0.39 is 0 Å². The number of anilines is 1. The number of nitrogens with zero attached hydrogens (tertiary/aromatic N) is 2. The van der Waals surface area contributed by atoms with E-state index >= 15 is 0 Å². The van der Waals surface area contributed by atoms with Crippen LogP contribution in [0, 0.1) is 5.92 Å². The van der Waals surface area contributed by atoms with E-state index in [9.17, 15) is 4.79 Å². The first-order valence-corrected chi connectivity index (χ1v) is 14.6. The van der Waals surface area contributed by atoms with Gasteiger partial charge in [-0.3, -0.25) is 0 Å². The van der Waals surface area contributed by atoms with E-state index in [4.69, 9.17) is 13.9 Å². The summed E-state index contributed by atoms with van der Waals surface area (Å²) in [6.45, 7) is 7.77. The van der Waals surface area contributed by atoms with Crippen molar-refractivity contribution in [1.29, 1.82) is 0 Å². The molecular weight excluding hydrogens is 488 g/mol. The van der Waals surface area contributed by atoms with Gasteiger partial charge in [0.05, 0.1) is 19.6 Å². The fraction of sp³-hybridized carbons (Fsp3) is 0.545. The van der Waals surface area contributed by atoms with Gasteiger partial charge in [0.15, 0.2) is 0 Å². The predicted octanol–water partition coefficient (Wildman–Crippen LogP) is 6.86. The minimum Gasteiger partial charge on any atom is -0.496 e. The van der Waals surface area contributed by atoms with E-state index in [0.717, 1.165) is 79.9 Å². The molecule has 6 nitrogen and oxygen atoms in total. The van der Waals surface area contributed by atoms with E-state index in [2.05, 4.69) is 62.0 Å². The molecule has 0 bridgehead atoms. The number of aryl methyl sites for hydroxylation is 1. The molecule has 212 valence electrons.